The van der Waals surface area contributed by atoms with Crippen molar-refractivity contribution < 1.29 is 4.74 Å². The predicted octanol–water partition coefficient (Wildman–Crippen LogP) is 3.95. The van der Waals surface area contributed by atoms with E-state index in [9.17, 15) is 0 Å². The second kappa shape index (κ2) is 5.20. The van der Waals surface area contributed by atoms with E-state index in [0.29, 0.717) is 6.61 Å². The van der Waals surface area contributed by atoms with Gasteiger partial charge in [0, 0.05) is 11.5 Å². The fourth-order valence-corrected chi connectivity index (χ4v) is 1.74. The van der Waals surface area contributed by atoms with E-state index < -0.39 is 0 Å². The molecule has 1 nitrogen and oxygen atoms in total. The molecule has 0 fully saturated rings. The predicted molar refractivity (Wildman–Crippen MR) is 63.6 cm³/mol. The largest absolute Gasteiger partial charge is 0.492 e. The van der Waals surface area contributed by atoms with Crippen LogP contribution < -0.4 is 4.74 Å². The highest BCUT2D eigenvalue weighted by Crippen LogP contribution is 2.34. The molecular weight excluding hydrogens is 240 g/mol. The minimum atomic E-state index is 0.0639. The van der Waals surface area contributed by atoms with Crippen LogP contribution in [-0.2, 0) is 0 Å². The lowest BCUT2D eigenvalue weighted by Gasteiger charge is -2.14. The molecule has 1 radical (unpaired) electrons. The summed E-state index contributed by atoms with van der Waals surface area (Å²) < 4.78 is 6.52. The molecule has 0 aliphatic heterocycles. The standard InChI is InChI=1S/C12H14BrO/c1-4-9(3)10-7-6-8-11(13)12(10)14-5-2/h4,6-9H,1,3,5H2,2H3. The number of para-hydroxylation sites is 1. The Kier molecular flexibility index (Phi) is 4.21. The van der Waals surface area contributed by atoms with Gasteiger partial charge in [-0.3, -0.25) is 0 Å². The van der Waals surface area contributed by atoms with Crippen molar-refractivity contribution in [1.82, 2.24) is 0 Å². The molecule has 0 saturated carbocycles. The number of allylic oxidation sites excluding steroid dienone is 1. The molecule has 2 heteroatoms. The smallest absolute Gasteiger partial charge is 0.137 e. The molecule has 0 amide bonds. The Hall–Kier alpha value is -0.760. The van der Waals surface area contributed by atoms with Crippen LogP contribution in [0.3, 0.4) is 0 Å². The molecule has 0 N–H and O–H groups in total. The van der Waals surface area contributed by atoms with Crippen molar-refractivity contribution in [2.45, 2.75) is 12.8 Å². The normalized spacial score (nSPS) is 12.2. The van der Waals surface area contributed by atoms with Crippen LogP contribution in [0.5, 0.6) is 5.75 Å². The van der Waals surface area contributed by atoms with Crippen LogP contribution in [0.25, 0.3) is 0 Å². The molecule has 0 aromatic heterocycles. The fourth-order valence-electron chi connectivity index (χ4n) is 1.24. The zero-order chi connectivity index (χ0) is 10.6. The summed E-state index contributed by atoms with van der Waals surface area (Å²) in [5.74, 6) is 0.934. The molecule has 1 atom stereocenters. The topological polar surface area (TPSA) is 9.23 Å². The van der Waals surface area contributed by atoms with Crippen molar-refractivity contribution in [2.24, 2.45) is 0 Å². The van der Waals surface area contributed by atoms with Gasteiger partial charge < -0.3 is 4.74 Å². The van der Waals surface area contributed by atoms with Gasteiger partial charge in [-0.25, -0.2) is 0 Å². The van der Waals surface area contributed by atoms with Crippen LogP contribution >= 0.6 is 15.9 Å². The lowest BCUT2D eigenvalue weighted by atomic mass is 10.0. The van der Waals surface area contributed by atoms with Gasteiger partial charge in [0.15, 0.2) is 0 Å². The summed E-state index contributed by atoms with van der Waals surface area (Å²) in [5, 5.41) is 0. The Bertz CT molecular complexity index is 320. The Morgan fingerprint density at radius 2 is 2.29 bits per heavy atom. The summed E-state index contributed by atoms with van der Waals surface area (Å²) in [6, 6.07) is 5.95. The van der Waals surface area contributed by atoms with Crippen molar-refractivity contribution in [3.63, 3.8) is 0 Å². The third kappa shape index (κ3) is 2.38. The average molecular weight is 254 g/mol. The molecule has 1 unspecified atom stereocenters. The Balaban J connectivity index is 3.13. The number of halogens is 1. The van der Waals surface area contributed by atoms with Gasteiger partial charge in [0.2, 0.25) is 0 Å². The quantitative estimate of drug-likeness (QED) is 0.739. The highest BCUT2D eigenvalue weighted by molar-refractivity contribution is 9.10. The van der Waals surface area contributed by atoms with E-state index in [4.69, 9.17) is 4.74 Å². The number of hydrogen-bond acceptors (Lipinski definition) is 1. The zero-order valence-electron chi connectivity index (χ0n) is 8.29. The first-order chi connectivity index (χ1) is 6.70. The second-order valence-corrected chi connectivity index (χ2v) is 3.79. The van der Waals surface area contributed by atoms with Gasteiger partial charge in [-0.05, 0) is 35.8 Å². The van der Waals surface area contributed by atoms with Crippen LogP contribution in [0.4, 0.5) is 0 Å². The van der Waals surface area contributed by atoms with E-state index in [1.165, 1.54) is 0 Å². The molecule has 0 aliphatic carbocycles. The van der Waals surface area contributed by atoms with Crippen molar-refractivity contribution in [3.8, 4) is 5.75 Å². The van der Waals surface area contributed by atoms with Crippen molar-refractivity contribution in [3.05, 3.63) is 47.8 Å². The maximum absolute atomic E-state index is 5.56. The van der Waals surface area contributed by atoms with Crippen LogP contribution in [0.15, 0.2) is 35.3 Å². The Morgan fingerprint density at radius 1 is 1.57 bits per heavy atom. The molecule has 14 heavy (non-hydrogen) atoms. The summed E-state index contributed by atoms with van der Waals surface area (Å²) in [4.78, 5) is 0. The fraction of sp³-hybridized carbons (Fsp3) is 0.250. The lowest BCUT2D eigenvalue weighted by Crippen LogP contribution is -1.99. The van der Waals surface area contributed by atoms with Gasteiger partial charge in [0.25, 0.3) is 0 Å². The van der Waals surface area contributed by atoms with Crippen LogP contribution in [0, 0.1) is 6.92 Å². The third-order valence-corrected chi connectivity index (χ3v) is 2.59. The first kappa shape index (κ1) is 11.3. The maximum atomic E-state index is 5.56. The van der Waals surface area contributed by atoms with Gasteiger partial charge in [-0.1, -0.05) is 18.2 Å². The SMILES string of the molecule is [CH2]C(C=C)c1cccc(Br)c1OCC. The Labute approximate surface area is 93.9 Å². The number of hydrogen-bond donors (Lipinski definition) is 0. The summed E-state index contributed by atoms with van der Waals surface area (Å²) in [6.45, 7) is 10.3. The molecule has 0 bridgehead atoms. The molecule has 1 aromatic carbocycles. The summed E-state index contributed by atoms with van der Waals surface area (Å²) >= 11 is 3.46. The highest BCUT2D eigenvalue weighted by Gasteiger charge is 2.11. The van der Waals surface area contributed by atoms with Crippen molar-refractivity contribution in [1.29, 1.82) is 0 Å². The summed E-state index contributed by atoms with van der Waals surface area (Å²) in [6.07, 6.45) is 1.81. The molecular formula is C12H14BrO. The molecule has 0 aliphatic rings. The molecule has 1 aromatic rings. The van der Waals surface area contributed by atoms with E-state index in [1.54, 1.807) is 0 Å². The summed E-state index contributed by atoms with van der Waals surface area (Å²) in [7, 11) is 0. The maximum Gasteiger partial charge on any atom is 0.137 e. The van der Waals surface area contributed by atoms with E-state index in [0.717, 1.165) is 15.8 Å². The van der Waals surface area contributed by atoms with E-state index in [1.807, 2.05) is 31.2 Å². The van der Waals surface area contributed by atoms with Gasteiger partial charge in [-0.15, -0.1) is 6.58 Å². The van der Waals surface area contributed by atoms with Crippen LogP contribution in [0.1, 0.15) is 18.4 Å². The third-order valence-electron chi connectivity index (χ3n) is 1.97. The van der Waals surface area contributed by atoms with Crippen LogP contribution in [0.2, 0.25) is 0 Å². The first-order valence-corrected chi connectivity index (χ1v) is 5.36. The number of rotatable bonds is 4. The Morgan fingerprint density at radius 3 is 2.86 bits per heavy atom. The minimum Gasteiger partial charge on any atom is -0.492 e. The zero-order valence-corrected chi connectivity index (χ0v) is 9.88. The van der Waals surface area contributed by atoms with Gasteiger partial charge in [0.1, 0.15) is 5.75 Å². The second-order valence-electron chi connectivity index (χ2n) is 2.93. The van der Waals surface area contributed by atoms with Gasteiger partial charge >= 0.3 is 0 Å². The molecule has 1 rings (SSSR count). The van der Waals surface area contributed by atoms with Crippen molar-refractivity contribution in [2.75, 3.05) is 6.61 Å². The molecule has 0 saturated heterocycles. The molecule has 0 spiro atoms. The molecule has 0 heterocycles. The summed E-state index contributed by atoms with van der Waals surface area (Å²) in [5.41, 5.74) is 1.07. The van der Waals surface area contributed by atoms with E-state index in [-0.39, 0.29) is 5.92 Å². The van der Waals surface area contributed by atoms with Gasteiger partial charge in [-0.2, -0.15) is 0 Å². The average Bonchev–Trinajstić information content (AvgIpc) is 2.20. The first-order valence-electron chi connectivity index (χ1n) is 4.57. The van der Waals surface area contributed by atoms with E-state index >= 15 is 0 Å². The van der Waals surface area contributed by atoms with Crippen LogP contribution in [-0.4, -0.2) is 6.61 Å². The highest BCUT2D eigenvalue weighted by atomic mass is 79.9. The minimum absolute atomic E-state index is 0.0639. The van der Waals surface area contributed by atoms with Crippen molar-refractivity contribution >= 4 is 15.9 Å². The molecule has 75 valence electrons. The monoisotopic (exact) mass is 253 g/mol. The van der Waals surface area contributed by atoms with E-state index in [2.05, 4.69) is 29.4 Å². The lowest BCUT2D eigenvalue weighted by molar-refractivity contribution is 0.334. The van der Waals surface area contributed by atoms with Gasteiger partial charge in [0.05, 0.1) is 11.1 Å². The number of benzene rings is 1. The number of ether oxygens (including phenoxy) is 1.